The monoisotopic (exact) mass is 383 g/mol. The highest BCUT2D eigenvalue weighted by Crippen LogP contribution is 2.44. The second-order valence-corrected chi connectivity index (χ2v) is 7.93. The van der Waals surface area contributed by atoms with Gasteiger partial charge >= 0.3 is 0 Å². The van der Waals surface area contributed by atoms with Crippen LogP contribution in [0.4, 0.5) is 0 Å². The largest absolute Gasteiger partial charge is 0.471 e. The van der Waals surface area contributed by atoms with Crippen molar-refractivity contribution in [2.75, 3.05) is 13.2 Å². The molecule has 3 aromatic heterocycles. The molecule has 1 saturated heterocycles. The van der Waals surface area contributed by atoms with Crippen LogP contribution in [-0.4, -0.2) is 44.9 Å². The first-order valence-electron chi connectivity index (χ1n) is 9.48. The predicted octanol–water partition coefficient (Wildman–Crippen LogP) is 3.43. The van der Waals surface area contributed by atoms with Crippen molar-refractivity contribution >= 4 is 11.3 Å². The van der Waals surface area contributed by atoms with Gasteiger partial charge in [-0.2, -0.15) is 0 Å². The minimum atomic E-state index is 0.0205. The minimum Gasteiger partial charge on any atom is -0.471 e. The number of tetrazole rings is 1. The number of aromatic amines is 1. The Labute approximate surface area is 161 Å². The molecule has 3 aromatic rings. The number of hydrogen-bond acceptors (Lipinski definition) is 7. The molecule has 0 bridgehead atoms. The lowest BCUT2D eigenvalue weighted by atomic mass is 9.95. The van der Waals surface area contributed by atoms with Crippen molar-refractivity contribution in [3.63, 3.8) is 0 Å². The van der Waals surface area contributed by atoms with Crippen LogP contribution in [0.25, 0.3) is 21.8 Å². The van der Waals surface area contributed by atoms with E-state index in [-0.39, 0.29) is 6.10 Å². The van der Waals surface area contributed by atoms with Crippen molar-refractivity contribution in [3.05, 3.63) is 28.8 Å². The van der Waals surface area contributed by atoms with E-state index in [1.165, 1.54) is 35.3 Å². The van der Waals surface area contributed by atoms with E-state index in [4.69, 9.17) is 14.5 Å². The van der Waals surface area contributed by atoms with Crippen LogP contribution in [0.2, 0.25) is 0 Å². The maximum absolute atomic E-state index is 6.33. The molecule has 0 saturated carbocycles. The van der Waals surface area contributed by atoms with Gasteiger partial charge in [-0.05, 0) is 53.1 Å². The van der Waals surface area contributed by atoms with Gasteiger partial charge in [-0.15, -0.1) is 16.4 Å². The molecule has 2 aliphatic rings. The van der Waals surface area contributed by atoms with Crippen LogP contribution in [0.3, 0.4) is 0 Å². The summed E-state index contributed by atoms with van der Waals surface area (Å²) in [5, 5.41) is 16.8. The first kappa shape index (κ1) is 16.8. The quantitative estimate of drug-likeness (QED) is 0.695. The predicted molar refractivity (Wildman–Crippen MR) is 102 cm³/mol. The van der Waals surface area contributed by atoms with Crippen LogP contribution >= 0.6 is 11.3 Å². The van der Waals surface area contributed by atoms with Crippen molar-refractivity contribution in [2.45, 2.75) is 44.6 Å². The SMILES string of the molecule is c1csc(-c2c3c(nc(O[C@H]4CCOC4)c2-c2nnn[nH]2)CCCCC3)c1. The average Bonchev–Trinajstić information content (AvgIpc) is 3.43. The van der Waals surface area contributed by atoms with E-state index in [0.717, 1.165) is 37.1 Å². The smallest absolute Gasteiger partial charge is 0.225 e. The number of thiophene rings is 1. The molecule has 8 heteroatoms. The van der Waals surface area contributed by atoms with E-state index in [9.17, 15) is 0 Å². The number of nitrogens with one attached hydrogen (secondary N) is 1. The van der Waals surface area contributed by atoms with Crippen molar-refractivity contribution in [2.24, 2.45) is 0 Å². The van der Waals surface area contributed by atoms with Crippen LogP contribution in [0.5, 0.6) is 5.88 Å². The third kappa shape index (κ3) is 3.23. The van der Waals surface area contributed by atoms with Crippen molar-refractivity contribution < 1.29 is 9.47 Å². The lowest BCUT2D eigenvalue weighted by Crippen LogP contribution is -2.18. The summed E-state index contributed by atoms with van der Waals surface area (Å²) < 4.78 is 11.8. The molecule has 4 heterocycles. The second kappa shape index (κ2) is 7.36. The molecule has 1 fully saturated rings. The van der Waals surface area contributed by atoms with Gasteiger partial charge < -0.3 is 9.47 Å². The second-order valence-electron chi connectivity index (χ2n) is 6.98. The fourth-order valence-corrected chi connectivity index (χ4v) is 4.73. The molecule has 0 aromatic carbocycles. The number of fused-ring (bicyclic) bond motifs is 1. The third-order valence-corrected chi connectivity index (χ3v) is 6.09. The molecule has 27 heavy (non-hydrogen) atoms. The van der Waals surface area contributed by atoms with Gasteiger partial charge in [0.1, 0.15) is 6.10 Å². The number of aromatic nitrogens is 5. The van der Waals surface area contributed by atoms with Crippen LogP contribution in [0.15, 0.2) is 17.5 Å². The highest BCUT2D eigenvalue weighted by atomic mass is 32.1. The highest BCUT2D eigenvalue weighted by Gasteiger charge is 2.28. The Hall–Kier alpha value is -2.32. The van der Waals surface area contributed by atoms with Gasteiger partial charge in [0.05, 0.1) is 18.8 Å². The summed E-state index contributed by atoms with van der Waals surface area (Å²) in [6.45, 7) is 1.33. The molecule has 7 nitrogen and oxygen atoms in total. The van der Waals surface area contributed by atoms with E-state index in [2.05, 4.69) is 38.1 Å². The fraction of sp³-hybridized carbons (Fsp3) is 0.474. The zero-order chi connectivity index (χ0) is 18.1. The molecular formula is C19H21N5O2S. The molecule has 5 rings (SSSR count). The van der Waals surface area contributed by atoms with E-state index in [0.29, 0.717) is 18.3 Å². The normalized spacial score (nSPS) is 19.6. The summed E-state index contributed by atoms with van der Waals surface area (Å²) in [4.78, 5) is 6.18. The fourth-order valence-electron chi connectivity index (χ4n) is 3.92. The number of nitrogens with zero attached hydrogens (tertiary/aromatic N) is 4. The van der Waals surface area contributed by atoms with Gasteiger partial charge in [0.25, 0.3) is 0 Å². The van der Waals surface area contributed by atoms with E-state index in [1.54, 1.807) is 11.3 Å². The summed E-state index contributed by atoms with van der Waals surface area (Å²) in [5.74, 6) is 1.22. The number of pyridine rings is 1. The van der Waals surface area contributed by atoms with Gasteiger partial charge in [0.15, 0.2) is 5.82 Å². The van der Waals surface area contributed by atoms with Gasteiger partial charge in [-0.25, -0.2) is 10.1 Å². The molecule has 1 aliphatic heterocycles. The Balaban J connectivity index is 1.74. The molecule has 0 unspecified atom stereocenters. The van der Waals surface area contributed by atoms with Crippen LogP contribution in [0, 0.1) is 0 Å². The van der Waals surface area contributed by atoms with E-state index >= 15 is 0 Å². The van der Waals surface area contributed by atoms with Crippen molar-refractivity contribution in [1.29, 1.82) is 0 Å². The zero-order valence-corrected chi connectivity index (χ0v) is 15.8. The molecule has 1 N–H and O–H groups in total. The Morgan fingerprint density at radius 1 is 1.19 bits per heavy atom. The lowest BCUT2D eigenvalue weighted by Gasteiger charge is -2.20. The molecule has 140 valence electrons. The first-order chi connectivity index (χ1) is 13.4. The average molecular weight is 383 g/mol. The van der Waals surface area contributed by atoms with Gasteiger partial charge in [-0.3, -0.25) is 0 Å². The summed E-state index contributed by atoms with van der Waals surface area (Å²) in [5.41, 5.74) is 4.51. The Kier molecular flexibility index (Phi) is 4.59. The van der Waals surface area contributed by atoms with Crippen molar-refractivity contribution in [1.82, 2.24) is 25.6 Å². The Bertz CT molecular complexity index is 905. The van der Waals surface area contributed by atoms with Crippen LogP contribution in [-0.2, 0) is 17.6 Å². The van der Waals surface area contributed by atoms with Crippen LogP contribution < -0.4 is 4.74 Å². The number of hydrogen-bond donors (Lipinski definition) is 1. The van der Waals surface area contributed by atoms with Crippen molar-refractivity contribution in [3.8, 4) is 27.7 Å². The Morgan fingerprint density at radius 2 is 2.15 bits per heavy atom. The summed E-state index contributed by atoms with van der Waals surface area (Å²) in [6.07, 6.45) is 6.48. The Morgan fingerprint density at radius 3 is 2.93 bits per heavy atom. The molecular weight excluding hydrogens is 362 g/mol. The van der Waals surface area contributed by atoms with E-state index in [1.807, 2.05) is 0 Å². The molecule has 1 aliphatic carbocycles. The zero-order valence-electron chi connectivity index (χ0n) is 15.0. The lowest BCUT2D eigenvalue weighted by molar-refractivity contribution is 0.138. The summed E-state index contributed by atoms with van der Waals surface area (Å²) >= 11 is 1.73. The summed E-state index contributed by atoms with van der Waals surface area (Å²) in [7, 11) is 0. The third-order valence-electron chi connectivity index (χ3n) is 5.21. The molecule has 0 spiro atoms. The molecule has 0 amide bonds. The maximum atomic E-state index is 6.33. The van der Waals surface area contributed by atoms with Gasteiger partial charge in [0.2, 0.25) is 5.88 Å². The number of ether oxygens (including phenoxy) is 2. The maximum Gasteiger partial charge on any atom is 0.225 e. The van der Waals surface area contributed by atoms with Gasteiger partial charge in [0, 0.05) is 22.6 Å². The highest BCUT2D eigenvalue weighted by molar-refractivity contribution is 7.13. The minimum absolute atomic E-state index is 0.0205. The molecule has 0 radical (unpaired) electrons. The van der Waals surface area contributed by atoms with Crippen LogP contribution in [0.1, 0.15) is 36.9 Å². The number of aryl methyl sites for hydroxylation is 1. The number of H-pyrrole nitrogens is 1. The summed E-state index contributed by atoms with van der Waals surface area (Å²) in [6, 6.07) is 4.23. The van der Waals surface area contributed by atoms with E-state index < -0.39 is 0 Å². The standard InChI is InChI=1S/C19H21N5O2S/c1-2-5-13-14(6-3-1)20-19(26-12-8-9-25-11-12)17(18-21-23-24-22-18)16(13)15-7-4-10-27-15/h4,7,10,12H,1-3,5-6,8-9,11H2,(H,21,22,23,24)/t12-/m0/s1. The topological polar surface area (TPSA) is 85.8 Å². The number of rotatable bonds is 4. The van der Waals surface area contributed by atoms with Gasteiger partial charge in [-0.1, -0.05) is 12.5 Å². The molecule has 1 atom stereocenters. The first-order valence-corrected chi connectivity index (χ1v) is 10.4.